The second kappa shape index (κ2) is 9.49. The van der Waals surface area contributed by atoms with Gasteiger partial charge in [0.25, 0.3) is 0 Å². The van der Waals surface area contributed by atoms with Gasteiger partial charge in [0.2, 0.25) is 5.91 Å². The third-order valence-corrected chi connectivity index (χ3v) is 6.21. The fourth-order valence-corrected chi connectivity index (χ4v) is 4.68. The maximum atomic E-state index is 11.1. The quantitative estimate of drug-likeness (QED) is 0.318. The lowest BCUT2D eigenvalue weighted by atomic mass is 10.2. The standard InChI is InChI=1S/C21H18Br2N2O2S/c1-13(26)25-15-6-8-17(9-7-15)28-20-5-3-2-4-14(20)12-24-16-10-18(22)21(27)19(23)11-16/h2-11,24,27H,12H2,1H3,(H,25,26). The Morgan fingerprint density at radius 1 is 1.00 bits per heavy atom. The van der Waals surface area contributed by atoms with Gasteiger partial charge in [-0.25, -0.2) is 0 Å². The number of amides is 1. The number of aromatic hydroxyl groups is 1. The van der Waals surface area contributed by atoms with Crippen LogP contribution in [0.4, 0.5) is 11.4 Å². The largest absolute Gasteiger partial charge is 0.506 e. The van der Waals surface area contributed by atoms with Crippen molar-refractivity contribution >= 4 is 60.9 Å². The maximum Gasteiger partial charge on any atom is 0.221 e. The summed E-state index contributed by atoms with van der Waals surface area (Å²) in [6.07, 6.45) is 0. The number of carbonyl (C=O) groups is 1. The molecule has 3 aromatic rings. The van der Waals surface area contributed by atoms with Gasteiger partial charge in [-0.05, 0) is 79.9 Å². The van der Waals surface area contributed by atoms with Crippen LogP contribution < -0.4 is 10.6 Å². The van der Waals surface area contributed by atoms with Crippen molar-refractivity contribution in [2.75, 3.05) is 10.6 Å². The summed E-state index contributed by atoms with van der Waals surface area (Å²) in [7, 11) is 0. The van der Waals surface area contributed by atoms with Gasteiger partial charge in [-0.1, -0.05) is 30.0 Å². The molecule has 144 valence electrons. The summed E-state index contributed by atoms with van der Waals surface area (Å²) in [6.45, 7) is 2.15. The van der Waals surface area contributed by atoms with Crippen LogP contribution in [0, 0.1) is 0 Å². The molecule has 0 bridgehead atoms. The number of benzene rings is 3. The molecule has 3 aromatic carbocycles. The fourth-order valence-electron chi connectivity index (χ4n) is 2.55. The maximum absolute atomic E-state index is 11.1. The Kier molecular flexibility index (Phi) is 7.04. The normalized spacial score (nSPS) is 10.5. The number of carbonyl (C=O) groups excluding carboxylic acids is 1. The van der Waals surface area contributed by atoms with Crippen LogP contribution >= 0.6 is 43.6 Å². The van der Waals surface area contributed by atoms with Gasteiger partial charge in [0.05, 0.1) is 8.95 Å². The van der Waals surface area contributed by atoms with E-state index in [0.29, 0.717) is 15.5 Å². The number of phenolic OH excluding ortho intramolecular Hbond substituents is 1. The zero-order valence-electron chi connectivity index (χ0n) is 15.0. The summed E-state index contributed by atoms with van der Waals surface area (Å²) < 4.78 is 1.26. The van der Waals surface area contributed by atoms with Gasteiger partial charge < -0.3 is 15.7 Å². The third kappa shape index (κ3) is 5.53. The van der Waals surface area contributed by atoms with Crippen LogP contribution in [-0.2, 0) is 11.3 Å². The molecule has 1 amide bonds. The lowest BCUT2D eigenvalue weighted by Gasteiger charge is -2.13. The average molecular weight is 522 g/mol. The zero-order valence-corrected chi connectivity index (χ0v) is 19.0. The summed E-state index contributed by atoms with van der Waals surface area (Å²) in [5.41, 5.74) is 2.85. The zero-order chi connectivity index (χ0) is 20.1. The fraction of sp³-hybridized carbons (Fsp3) is 0.0952. The van der Waals surface area contributed by atoms with Crippen molar-refractivity contribution in [1.82, 2.24) is 0 Å². The highest BCUT2D eigenvalue weighted by Crippen LogP contribution is 2.36. The van der Waals surface area contributed by atoms with Gasteiger partial charge in [0, 0.05) is 34.6 Å². The van der Waals surface area contributed by atoms with E-state index in [1.54, 1.807) is 11.8 Å². The van der Waals surface area contributed by atoms with Crippen LogP contribution in [0.5, 0.6) is 5.75 Å². The molecule has 0 fully saturated rings. The molecule has 4 nitrogen and oxygen atoms in total. The summed E-state index contributed by atoms with van der Waals surface area (Å²) in [5.74, 6) is 0.105. The second-order valence-corrected chi connectivity index (χ2v) is 8.88. The van der Waals surface area contributed by atoms with Crippen LogP contribution in [0.15, 0.2) is 79.4 Å². The predicted molar refractivity (Wildman–Crippen MR) is 122 cm³/mol. The number of hydrogen-bond acceptors (Lipinski definition) is 4. The van der Waals surface area contributed by atoms with Crippen molar-refractivity contribution in [3.8, 4) is 5.75 Å². The van der Waals surface area contributed by atoms with Gasteiger partial charge in [-0.15, -0.1) is 0 Å². The number of nitrogens with one attached hydrogen (secondary N) is 2. The molecule has 3 N–H and O–H groups in total. The van der Waals surface area contributed by atoms with E-state index in [1.165, 1.54) is 12.5 Å². The first-order chi connectivity index (χ1) is 13.4. The Morgan fingerprint density at radius 2 is 1.64 bits per heavy atom. The van der Waals surface area contributed by atoms with E-state index in [2.05, 4.69) is 54.6 Å². The number of phenols is 1. The first kappa shape index (κ1) is 20.8. The van der Waals surface area contributed by atoms with Crippen LogP contribution in [0.25, 0.3) is 0 Å². The average Bonchev–Trinajstić information content (AvgIpc) is 2.66. The number of rotatable bonds is 6. The molecule has 0 spiro atoms. The Morgan fingerprint density at radius 3 is 2.29 bits per heavy atom. The van der Waals surface area contributed by atoms with E-state index in [-0.39, 0.29) is 11.7 Å². The third-order valence-electron chi connectivity index (χ3n) is 3.87. The smallest absolute Gasteiger partial charge is 0.221 e. The van der Waals surface area contributed by atoms with Crippen LogP contribution in [0.2, 0.25) is 0 Å². The number of halogens is 2. The van der Waals surface area contributed by atoms with E-state index < -0.39 is 0 Å². The molecule has 0 aliphatic heterocycles. The van der Waals surface area contributed by atoms with Crippen molar-refractivity contribution in [3.05, 3.63) is 75.2 Å². The lowest BCUT2D eigenvalue weighted by Crippen LogP contribution is -2.05. The van der Waals surface area contributed by atoms with Crippen LogP contribution in [0.3, 0.4) is 0 Å². The Hall–Kier alpha value is -1.96. The molecule has 0 saturated carbocycles. The van der Waals surface area contributed by atoms with Crippen molar-refractivity contribution in [3.63, 3.8) is 0 Å². The summed E-state index contributed by atoms with van der Waals surface area (Å²) >= 11 is 8.38. The summed E-state index contributed by atoms with van der Waals surface area (Å²) in [5, 5.41) is 16.0. The molecule has 0 saturated heterocycles. The SMILES string of the molecule is CC(=O)Nc1ccc(Sc2ccccc2CNc2cc(Br)c(O)c(Br)c2)cc1. The first-order valence-electron chi connectivity index (χ1n) is 8.47. The van der Waals surface area contributed by atoms with E-state index in [1.807, 2.05) is 48.5 Å². The molecule has 0 aliphatic rings. The number of anilines is 2. The number of hydrogen-bond donors (Lipinski definition) is 3. The molecule has 3 rings (SSSR count). The van der Waals surface area contributed by atoms with Crippen molar-refractivity contribution in [1.29, 1.82) is 0 Å². The minimum absolute atomic E-state index is 0.0793. The topological polar surface area (TPSA) is 61.4 Å². The highest BCUT2D eigenvalue weighted by molar-refractivity contribution is 9.11. The minimum Gasteiger partial charge on any atom is -0.506 e. The predicted octanol–water partition coefficient (Wildman–Crippen LogP) is 6.64. The minimum atomic E-state index is -0.0793. The molecule has 0 heterocycles. The molecule has 0 radical (unpaired) electrons. The van der Waals surface area contributed by atoms with Crippen LogP contribution in [-0.4, -0.2) is 11.0 Å². The Bertz CT molecular complexity index is 971. The van der Waals surface area contributed by atoms with Gasteiger partial charge in [-0.3, -0.25) is 4.79 Å². The van der Waals surface area contributed by atoms with E-state index in [0.717, 1.165) is 21.2 Å². The van der Waals surface area contributed by atoms with Crippen LogP contribution in [0.1, 0.15) is 12.5 Å². The Balaban J connectivity index is 1.72. The Labute approximate surface area is 185 Å². The molecule has 0 aliphatic carbocycles. The molecule has 7 heteroatoms. The summed E-state index contributed by atoms with van der Waals surface area (Å²) in [4.78, 5) is 13.4. The molecule has 0 unspecified atom stereocenters. The van der Waals surface area contributed by atoms with Crippen molar-refractivity contribution in [2.45, 2.75) is 23.3 Å². The first-order valence-corrected chi connectivity index (χ1v) is 10.9. The molecule has 0 aromatic heterocycles. The molecular weight excluding hydrogens is 504 g/mol. The highest BCUT2D eigenvalue weighted by atomic mass is 79.9. The van der Waals surface area contributed by atoms with Gasteiger partial charge >= 0.3 is 0 Å². The van der Waals surface area contributed by atoms with Crippen molar-refractivity contribution < 1.29 is 9.90 Å². The highest BCUT2D eigenvalue weighted by Gasteiger charge is 2.08. The second-order valence-electron chi connectivity index (χ2n) is 6.06. The molecule has 0 atom stereocenters. The lowest BCUT2D eigenvalue weighted by molar-refractivity contribution is -0.114. The van der Waals surface area contributed by atoms with E-state index in [9.17, 15) is 9.90 Å². The van der Waals surface area contributed by atoms with E-state index >= 15 is 0 Å². The van der Waals surface area contributed by atoms with Gasteiger partial charge in [0.1, 0.15) is 5.75 Å². The van der Waals surface area contributed by atoms with Gasteiger partial charge in [-0.2, -0.15) is 0 Å². The summed E-state index contributed by atoms with van der Waals surface area (Å²) in [6, 6.07) is 19.7. The van der Waals surface area contributed by atoms with Crippen molar-refractivity contribution in [2.24, 2.45) is 0 Å². The van der Waals surface area contributed by atoms with Gasteiger partial charge in [0.15, 0.2) is 0 Å². The molecular formula is C21H18Br2N2O2S. The monoisotopic (exact) mass is 520 g/mol. The van der Waals surface area contributed by atoms with E-state index in [4.69, 9.17) is 0 Å². The molecule has 28 heavy (non-hydrogen) atoms.